The SMILES string of the molecule is O=C(O)C1([N+]2(C(=O)[O-])CCCCCCC2)CCCCCCC1. The van der Waals surface area contributed by atoms with Crippen molar-refractivity contribution in [3.63, 3.8) is 0 Å². The number of carbonyl (C=O) groups is 2. The predicted molar refractivity (Wildman–Crippen MR) is 81.2 cm³/mol. The molecule has 0 aromatic rings. The van der Waals surface area contributed by atoms with Gasteiger partial charge in [-0.25, -0.2) is 4.79 Å². The molecule has 1 saturated heterocycles. The van der Waals surface area contributed by atoms with E-state index in [-0.39, 0.29) is 4.48 Å². The molecule has 1 N–H and O–H groups in total. The zero-order valence-corrected chi connectivity index (χ0v) is 13.5. The van der Waals surface area contributed by atoms with Gasteiger partial charge in [0.1, 0.15) is 0 Å². The number of carboxylic acid groups (broad SMARTS) is 2. The first-order chi connectivity index (χ1) is 10.6. The van der Waals surface area contributed by atoms with Crippen LogP contribution in [0.2, 0.25) is 0 Å². The molecule has 1 saturated carbocycles. The maximum absolute atomic E-state index is 12.2. The Morgan fingerprint density at radius 2 is 1.18 bits per heavy atom. The lowest BCUT2D eigenvalue weighted by Crippen LogP contribution is -2.74. The Kier molecular flexibility index (Phi) is 5.84. The van der Waals surface area contributed by atoms with Crippen molar-refractivity contribution in [3.8, 4) is 0 Å². The molecule has 22 heavy (non-hydrogen) atoms. The average Bonchev–Trinajstić information content (AvgIpc) is 2.39. The molecule has 2 rings (SSSR count). The van der Waals surface area contributed by atoms with Gasteiger partial charge in [0.2, 0.25) is 5.54 Å². The molecule has 1 aliphatic carbocycles. The lowest BCUT2D eigenvalue weighted by atomic mass is 9.79. The van der Waals surface area contributed by atoms with Gasteiger partial charge < -0.3 is 15.0 Å². The van der Waals surface area contributed by atoms with E-state index in [2.05, 4.69) is 0 Å². The van der Waals surface area contributed by atoms with E-state index in [1.807, 2.05) is 0 Å². The van der Waals surface area contributed by atoms with Crippen LogP contribution in [0.15, 0.2) is 0 Å². The smallest absolute Gasteiger partial charge is 0.366 e. The van der Waals surface area contributed by atoms with Crippen LogP contribution < -0.4 is 5.11 Å². The number of hydrogen-bond acceptors (Lipinski definition) is 3. The standard InChI is InChI=1S/C17H29NO4/c19-15(20)17(11-7-3-1-4-8-12-17)18(16(21)22)13-9-5-2-6-10-14-18/h1-14H2,(H-,19,20,21,22). The number of nitrogens with zero attached hydrogens (tertiary/aromatic N) is 1. The van der Waals surface area contributed by atoms with E-state index in [4.69, 9.17) is 0 Å². The monoisotopic (exact) mass is 311 g/mol. The summed E-state index contributed by atoms with van der Waals surface area (Å²) in [6.07, 6.45) is 9.16. The number of rotatable bonds is 2. The summed E-state index contributed by atoms with van der Waals surface area (Å²) in [6.45, 7) is 0.823. The van der Waals surface area contributed by atoms with Crippen LogP contribution in [0.3, 0.4) is 0 Å². The Bertz CT molecular complexity index is 353. The molecule has 1 heterocycles. The summed E-state index contributed by atoms with van der Waals surface area (Å²) in [5, 5.41) is 22.2. The first-order valence-corrected chi connectivity index (χ1v) is 8.87. The van der Waals surface area contributed by atoms with E-state index >= 15 is 0 Å². The Balaban J connectivity index is 2.42. The Labute approximate surface area is 132 Å². The van der Waals surface area contributed by atoms with Crippen molar-refractivity contribution >= 4 is 12.1 Å². The van der Waals surface area contributed by atoms with E-state index < -0.39 is 17.6 Å². The van der Waals surface area contributed by atoms with Crippen molar-refractivity contribution in [2.45, 2.75) is 82.6 Å². The number of aliphatic carboxylic acids is 1. The molecule has 0 unspecified atom stereocenters. The van der Waals surface area contributed by atoms with Crippen molar-refractivity contribution in [1.29, 1.82) is 0 Å². The van der Waals surface area contributed by atoms with E-state index in [0.29, 0.717) is 25.9 Å². The van der Waals surface area contributed by atoms with Crippen LogP contribution in [0.5, 0.6) is 0 Å². The molecular formula is C17H29NO4. The van der Waals surface area contributed by atoms with Crippen LogP contribution in [0.1, 0.15) is 77.0 Å². The van der Waals surface area contributed by atoms with Gasteiger partial charge in [-0.2, -0.15) is 0 Å². The van der Waals surface area contributed by atoms with E-state index in [1.165, 1.54) is 0 Å². The normalized spacial score (nSPS) is 26.0. The van der Waals surface area contributed by atoms with Crippen LogP contribution in [0, 0.1) is 0 Å². The second kappa shape index (κ2) is 7.44. The van der Waals surface area contributed by atoms with Crippen molar-refractivity contribution in [2.24, 2.45) is 0 Å². The summed E-state index contributed by atoms with van der Waals surface area (Å²) in [7, 11) is 0. The maximum Gasteiger partial charge on any atom is 0.366 e. The highest BCUT2D eigenvalue weighted by Gasteiger charge is 2.57. The van der Waals surface area contributed by atoms with Gasteiger partial charge in [-0.3, -0.25) is 4.48 Å². The molecule has 0 atom stereocenters. The predicted octanol–water partition coefficient (Wildman–Crippen LogP) is 2.68. The Morgan fingerprint density at radius 1 is 0.773 bits per heavy atom. The first kappa shape index (κ1) is 17.3. The minimum atomic E-state index is -1.18. The molecule has 2 aliphatic rings. The van der Waals surface area contributed by atoms with Gasteiger partial charge in [0.25, 0.3) is 6.09 Å². The molecule has 0 aromatic carbocycles. The second-order valence-corrected chi connectivity index (χ2v) is 7.05. The third-order valence-corrected chi connectivity index (χ3v) is 5.83. The molecule has 1 amide bonds. The zero-order chi connectivity index (χ0) is 16.1. The molecule has 0 bridgehead atoms. The molecule has 0 spiro atoms. The topological polar surface area (TPSA) is 77.4 Å². The number of carboxylic acids is 1. The average molecular weight is 311 g/mol. The summed E-state index contributed by atoms with van der Waals surface area (Å²) in [5.41, 5.74) is -1.18. The number of hydrogen-bond donors (Lipinski definition) is 1. The van der Waals surface area contributed by atoms with E-state index in [1.54, 1.807) is 0 Å². The fourth-order valence-corrected chi connectivity index (χ4v) is 4.51. The fourth-order valence-electron chi connectivity index (χ4n) is 4.51. The van der Waals surface area contributed by atoms with Crippen LogP contribution in [-0.2, 0) is 4.79 Å². The van der Waals surface area contributed by atoms with E-state index in [0.717, 1.165) is 64.2 Å². The van der Waals surface area contributed by atoms with Gasteiger partial charge in [-0.1, -0.05) is 25.7 Å². The van der Waals surface area contributed by atoms with Crippen LogP contribution in [-0.4, -0.2) is 40.3 Å². The fraction of sp³-hybridized carbons (Fsp3) is 0.882. The minimum Gasteiger partial charge on any atom is -0.498 e. The molecule has 2 fully saturated rings. The van der Waals surface area contributed by atoms with Gasteiger partial charge in [0.05, 0.1) is 13.1 Å². The molecule has 126 valence electrons. The van der Waals surface area contributed by atoms with Crippen LogP contribution >= 0.6 is 0 Å². The van der Waals surface area contributed by atoms with Gasteiger partial charge in [0.15, 0.2) is 0 Å². The van der Waals surface area contributed by atoms with Crippen LogP contribution in [0.4, 0.5) is 4.79 Å². The highest BCUT2D eigenvalue weighted by molar-refractivity contribution is 5.79. The number of amides is 1. The van der Waals surface area contributed by atoms with Gasteiger partial charge in [-0.15, -0.1) is 0 Å². The lowest BCUT2D eigenvalue weighted by Gasteiger charge is -2.51. The Hall–Kier alpha value is -1.10. The number of carbonyl (C=O) groups excluding carboxylic acids is 1. The van der Waals surface area contributed by atoms with Crippen molar-refractivity contribution < 1.29 is 24.3 Å². The number of quaternary nitrogens is 1. The van der Waals surface area contributed by atoms with Crippen molar-refractivity contribution in [3.05, 3.63) is 0 Å². The van der Waals surface area contributed by atoms with Gasteiger partial charge >= 0.3 is 5.97 Å². The maximum atomic E-state index is 12.2. The third-order valence-electron chi connectivity index (χ3n) is 5.83. The molecule has 5 heteroatoms. The first-order valence-electron chi connectivity index (χ1n) is 8.87. The lowest BCUT2D eigenvalue weighted by molar-refractivity contribution is -0.918. The summed E-state index contributed by atoms with van der Waals surface area (Å²) < 4.78 is -0.345. The Morgan fingerprint density at radius 3 is 1.59 bits per heavy atom. The zero-order valence-electron chi connectivity index (χ0n) is 13.5. The molecule has 0 radical (unpaired) electrons. The van der Waals surface area contributed by atoms with Crippen molar-refractivity contribution in [1.82, 2.24) is 0 Å². The molecule has 5 nitrogen and oxygen atoms in total. The number of likely N-dealkylation sites (tertiary alicyclic amines) is 1. The molecular weight excluding hydrogens is 282 g/mol. The second-order valence-electron chi connectivity index (χ2n) is 7.05. The summed E-state index contributed by atoms with van der Waals surface area (Å²) in [5.74, 6) is -0.931. The quantitative estimate of drug-likeness (QED) is 0.795. The van der Waals surface area contributed by atoms with E-state index in [9.17, 15) is 19.8 Å². The molecule has 0 aromatic heterocycles. The largest absolute Gasteiger partial charge is 0.498 e. The summed E-state index contributed by atoms with van der Waals surface area (Å²) in [4.78, 5) is 24.4. The highest BCUT2D eigenvalue weighted by Crippen LogP contribution is 2.39. The minimum absolute atomic E-state index is 0.345. The van der Waals surface area contributed by atoms with Gasteiger partial charge in [-0.05, 0) is 38.5 Å². The summed E-state index contributed by atoms with van der Waals surface area (Å²) >= 11 is 0. The molecule has 1 aliphatic heterocycles. The summed E-state index contributed by atoms with van der Waals surface area (Å²) in [6, 6.07) is 0. The van der Waals surface area contributed by atoms with Crippen LogP contribution in [0.25, 0.3) is 0 Å². The highest BCUT2D eigenvalue weighted by atomic mass is 16.4. The third kappa shape index (κ3) is 3.14. The van der Waals surface area contributed by atoms with Crippen molar-refractivity contribution in [2.75, 3.05) is 13.1 Å². The van der Waals surface area contributed by atoms with Gasteiger partial charge in [0, 0.05) is 12.8 Å².